The summed E-state index contributed by atoms with van der Waals surface area (Å²) >= 11 is 0. The van der Waals surface area contributed by atoms with Crippen LogP contribution in [0.15, 0.2) is 34.1 Å². The Labute approximate surface area is 127 Å². The Bertz CT molecular complexity index is 649. The van der Waals surface area contributed by atoms with Gasteiger partial charge in [-0.25, -0.2) is 16.8 Å². The van der Waals surface area contributed by atoms with Gasteiger partial charge in [-0.15, -0.1) is 0 Å². The second-order valence-electron chi connectivity index (χ2n) is 5.16. The van der Waals surface area contributed by atoms with Crippen LogP contribution in [0.5, 0.6) is 0 Å². The van der Waals surface area contributed by atoms with Gasteiger partial charge in [0.2, 0.25) is 0 Å². The standard InChI is InChI=1S/C14H23NO4S2/c1-4-15-12(2)6-5-11-21(18,19)14-9-7-13(8-10-14)20(3,16)17/h7-10,12,15H,4-6,11H2,1-3H3. The molecule has 0 fully saturated rings. The molecule has 1 aromatic carbocycles. The minimum Gasteiger partial charge on any atom is -0.315 e. The predicted molar refractivity (Wildman–Crippen MR) is 84.0 cm³/mol. The number of benzene rings is 1. The molecule has 0 bridgehead atoms. The van der Waals surface area contributed by atoms with Crippen LogP contribution in [0.1, 0.15) is 26.7 Å². The van der Waals surface area contributed by atoms with Crippen molar-refractivity contribution in [2.45, 2.75) is 42.5 Å². The van der Waals surface area contributed by atoms with Crippen molar-refractivity contribution in [1.29, 1.82) is 0 Å². The van der Waals surface area contributed by atoms with Gasteiger partial charge in [-0.05, 0) is 50.6 Å². The largest absolute Gasteiger partial charge is 0.315 e. The van der Waals surface area contributed by atoms with E-state index in [-0.39, 0.29) is 21.6 Å². The van der Waals surface area contributed by atoms with Crippen LogP contribution < -0.4 is 5.32 Å². The van der Waals surface area contributed by atoms with Gasteiger partial charge in [-0.2, -0.15) is 0 Å². The van der Waals surface area contributed by atoms with Crippen molar-refractivity contribution in [3.63, 3.8) is 0 Å². The lowest BCUT2D eigenvalue weighted by Crippen LogP contribution is -2.26. The normalized spacial score (nSPS) is 14.0. The van der Waals surface area contributed by atoms with Gasteiger partial charge in [0.25, 0.3) is 0 Å². The Morgan fingerprint density at radius 3 is 2.05 bits per heavy atom. The molecule has 5 nitrogen and oxygen atoms in total. The monoisotopic (exact) mass is 333 g/mol. The highest BCUT2D eigenvalue weighted by atomic mass is 32.2. The molecular weight excluding hydrogens is 310 g/mol. The Morgan fingerprint density at radius 2 is 1.57 bits per heavy atom. The van der Waals surface area contributed by atoms with Crippen LogP contribution >= 0.6 is 0 Å². The molecule has 0 aliphatic carbocycles. The van der Waals surface area contributed by atoms with E-state index in [0.29, 0.717) is 6.42 Å². The molecule has 1 N–H and O–H groups in total. The Kier molecular flexibility index (Phi) is 6.37. The summed E-state index contributed by atoms with van der Waals surface area (Å²) in [5.41, 5.74) is 0. The molecule has 1 atom stereocenters. The van der Waals surface area contributed by atoms with Gasteiger partial charge in [0.15, 0.2) is 19.7 Å². The molecule has 120 valence electrons. The Hall–Kier alpha value is -0.920. The molecule has 1 unspecified atom stereocenters. The first-order chi connectivity index (χ1) is 9.66. The fraction of sp³-hybridized carbons (Fsp3) is 0.571. The molecule has 0 radical (unpaired) electrons. The van der Waals surface area contributed by atoms with Crippen LogP contribution in [0.2, 0.25) is 0 Å². The first-order valence-corrected chi connectivity index (χ1v) is 10.5. The van der Waals surface area contributed by atoms with E-state index in [1.165, 1.54) is 24.3 Å². The SMILES string of the molecule is CCNC(C)CCCS(=O)(=O)c1ccc(S(C)(=O)=O)cc1. The highest BCUT2D eigenvalue weighted by Crippen LogP contribution is 2.17. The highest BCUT2D eigenvalue weighted by molar-refractivity contribution is 7.91. The number of rotatable bonds is 8. The Balaban J connectivity index is 2.71. The third-order valence-electron chi connectivity index (χ3n) is 3.21. The van der Waals surface area contributed by atoms with Gasteiger partial charge in [-0.3, -0.25) is 0 Å². The smallest absolute Gasteiger partial charge is 0.178 e. The molecule has 0 heterocycles. The summed E-state index contributed by atoms with van der Waals surface area (Å²) in [5.74, 6) is 0.0704. The third-order valence-corrected chi connectivity index (χ3v) is 6.16. The van der Waals surface area contributed by atoms with E-state index in [9.17, 15) is 16.8 Å². The summed E-state index contributed by atoms with van der Waals surface area (Å²) in [6.07, 6.45) is 2.46. The van der Waals surface area contributed by atoms with Crippen LogP contribution in [0.25, 0.3) is 0 Å². The summed E-state index contributed by atoms with van der Waals surface area (Å²) < 4.78 is 47.0. The lowest BCUT2D eigenvalue weighted by molar-refractivity contribution is 0.521. The molecular formula is C14H23NO4S2. The van der Waals surface area contributed by atoms with Gasteiger partial charge < -0.3 is 5.32 Å². The van der Waals surface area contributed by atoms with Crippen molar-refractivity contribution in [2.24, 2.45) is 0 Å². The van der Waals surface area contributed by atoms with E-state index >= 15 is 0 Å². The molecule has 0 aliphatic heterocycles. The maximum Gasteiger partial charge on any atom is 0.178 e. The maximum absolute atomic E-state index is 12.2. The molecule has 1 rings (SSSR count). The molecule has 0 saturated heterocycles. The summed E-state index contributed by atoms with van der Waals surface area (Å²) in [7, 11) is -6.66. The molecule has 0 saturated carbocycles. The quantitative estimate of drug-likeness (QED) is 0.782. The van der Waals surface area contributed by atoms with Crippen molar-refractivity contribution in [3.05, 3.63) is 24.3 Å². The van der Waals surface area contributed by atoms with Crippen LogP contribution in [-0.2, 0) is 19.7 Å². The molecule has 21 heavy (non-hydrogen) atoms. The minimum atomic E-state index is -3.36. The van der Waals surface area contributed by atoms with E-state index < -0.39 is 19.7 Å². The van der Waals surface area contributed by atoms with Gasteiger partial charge in [0.05, 0.1) is 15.5 Å². The summed E-state index contributed by atoms with van der Waals surface area (Å²) in [4.78, 5) is 0.299. The Morgan fingerprint density at radius 1 is 1.05 bits per heavy atom. The minimum absolute atomic E-state index is 0.0704. The van der Waals surface area contributed by atoms with Crippen LogP contribution in [0.4, 0.5) is 0 Å². The zero-order valence-electron chi connectivity index (χ0n) is 12.7. The van der Waals surface area contributed by atoms with Crippen LogP contribution in [0.3, 0.4) is 0 Å². The third kappa shape index (κ3) is 5.76. The second kappa shape index (κ2) is 7.38. The average Bonchev–Trinajstić information content (AvgIpc) is 2.38. The maximum atomic E-state index is 12.2. The molecule has 0 aromatic heterocycles. The lowest BCUT2D eigenvalue weighted by atomic mass is 10.2. The second-order valence-corrected chi connectivity index (χ2v) is 9.29. The van der Waals surface area contributed by atoms with Crippen LogP contribution in [-0.4, -0.2) is 41.4 Å². The van der Waals surface area contributed by atoms with E-state index in [1.807, 2.05) is 13.8 Å². The van der Waals surface area contributed by atoms with Crippen molar-refractivity contribution in [1.82, 2.24) is 5.32 Å². The number of hydrogen-bond donors (Lipinski definition) is 1. The molecule has 1 aromatic rings. The highest BCUT2D eigenvalue weighted by Gasteiger charge is 2.16. The lowest BCUT2D eigenvalue weighted by Gasteiger charge is -2.12. The van der Waals surface area contributed by atoms with Crippen LogP contribution in [0, 0.1) is 0 Å². The molecule has 7 heteroatoms. The fourth-order valence-corrected chi connectivity index (χ4v) is 4.01. The topological polar surface area (TPSA) is 80.3 Å². The number of nitrogens with one attached hydrogen (secondary N) is 1. The van der Waals surface area contributed by atoms with Gasteiger partial charge in [0.1, 0.15) is 0 Å². The first-order valence-electron chi connectivity index (χ1n) is 6.93. The zero-order valence-corrected chi connectivity index (χ0v) is 14.3. The van der Waals surface area contributed by atoms with Crippen molar-refractivity contribution < 1.29 is 16.8 Å². The van der Waals surface area contributed by atoms with E-state index in [4.69, 9.17) is 0 Å². The van der Waals surface area contributed by atoms with E-state index in [0.717, 1.165) is 19.2 Å². The van der Waals surface area contributed by atoms with Gasteiger partial charge in [-0.1, -0.05) is 6.92 Å². The van der Waals surface area contributed by atoms with Crippen molar-refractivity contribution in [3.8, 4) is 0 Å². The van der Waals surface area contributed by atoms with Gasteiger partial charge in [0, 0.05) is 12.3 Å². The van der Waals surface area contributed by atoms with E-state index in [1.54, 1.807) is 0 Å². The zero-order chi connectivity index (χ0) is 16.1. The van der Waals surface area contributed by atoms with Crippen molar-refractivity contribution in [2.75, 3.05) is 18.6 Å². The summed E-state index contributed by atoms with van der Waals surface area (Å²) in [5, 5.41) is 3.23. The molecule has 0 aliphatic rings. The predicted octanol–water partition coefficient (Wildman–Crippen LogP) is 1.64. The summed E-state index contributed by atoms with van der Waals surface area (Å²) in [6, 6.07) is 5.68. The number of sulfone groups is 2. The fourth-order valence-electron chi connectivity index (χ4n) is 2.04. The van der Waals surface area contributed by atoms with E-state index in [2.05, 4.69) is 5.32 Å². The number of hydrogen-bond acceptors (Lipinski definition) is 5. The van der Waals surface area contributed by atoms with Gasteiger partial charge >= 0.3 is 0 Å². The van der Waals surface area contributed by atoms with Crippen molar-refractivity contribution >= 4 is 19.7 Å². The average molecular weight is 333 g/mol. The summed E-state index contributed by atoms with van der Waals surface area (Å²) in [6.45, 7) is 4.90. The molecule has 0 spiro atoms. The molecule has 0 amide bonds. The first kappa shape index (κ1) is 18.1.